The van der Waals surface area contributed by atoms with Gasteiger partial charge < -0.3 is 15.7 Å². The predicted molar refractivity (Wildman–Crippen MR) is 82.3 cm³/mol. The molecule has 1 aliphatic rings. The minimum Gasteiger partial charge on any atom is -0.393 e. The van der Waals surface area contributed by atoms with Gasteiger partial charge in [0.05, 0.1) is 6.10 Å². The molecule has 0 radical (unpaired) electrons. The summed E-state index contributed by atoms with van der Waals surface area (Å²) in [5.41, 5.74) is 5.63. The zero-order valence-corrected chi connectivity index (χ0v) is 13.2. The molecule has 0 aromatic rings. The molecule has 4 heteroatoms. The Morgan fingerprint density at radius 1 is 1.30 bits per heavy atom. The number of carbonyl (C=O) groups is 1. The molecule has 1 fully saturated rings. The summed E-state index contributed by atoms with van der Waals surface area (Å²) < 4.78 is 0. The average Bonchev–Trinajstić information content (AvgIpc) is 2.45. The Morgan fingerprint density at radius 3 is 2.45 bits per heavy atom. The zero-order chi connectivity index (χ0) is 15.0. The van der Waals surface area contributed by atoms with E-state index in [1.165, 1.54) is 12.8 Å². The summed E-state index contributed by atoms with van der Waals surface area (Å²) in [4.78, 5) is 14.2. The third-order valence-electron chi connectivity index (χ3n) is 4.61. The molecule has 0 aromatic heterocycles. The second-order valence-corrected chi connectivity index (χ2v) is 6.23. The predicted octanol–water partition coefficient (Wildman–Crippen LogP) is 2.15. The number of piperidine rings is 1. The number of carbonyl (C=O) groups excluding carboxylic acids is 1. The fourth-order valence-corrected chi connectivity index (χ4v) is 3.19. The molecule has 1 heterocycles. The lowest BCUT2D eigenvalue weighted by Gasteiger charge is -2.33. The number of hydrogen-bond donors (Lipinski definition) is 2. The summed E-state index contributed by atoms with van der Waals surface area (Å²) in [7, 11) is 0. The van der Waals surface area contributed by atoms with Crippen LogP contribution in [0.4, 0.5) is 0 Å². The highest BCUT2D eigenvalue weighted by atomic mass is 16.3. The molecule has 0 spiro atoms. The smallest absolute Gasteiger partial charge is 0.222 e. The third kappa shape index (κ3) is 5.80. The van der Waals surface area contributed by atoms with Gasteiger partial charge in [-0.1, -0.05) is 19.8 Å². The molecule has 2 unspecified atom stereocenters. The summed E-state index contributed by atoms with van der Waals surface area (Å²) in [6, 6.07) is 0. The topological polar surface area (TPSA) is 66.6 Å². The van der Waals surface area contributed by atoms with Gasteiger partial charge in [-0.2, -0.15) is 0 Å². The maximum Gasteiger partial charge on any atom is 0.222 e. The van der Waals surface area contributed by atoms with Crippen molar-refractivity contribution in [3.05, 3.63) is 0 Å². The van der Waals surface area contributed by atoms with E-state index in [1.54, 1.807) is 0 Å². The van der Waals surface area contributed by atoms with Crippen molar-refractivity contribution in [3.8, 4) is 0 Å². The highest BCUT2D eigenvalue weighted by Gasteiger charge is 2.25. The Kier molecular flexibility index (Phi) is 8.15. The Morgan fingerprint density at radius 2 is 1.95 bits per heavy atom. The molecule has 0 bridgehead atoms. The van der Waals surface area contributed by atoms with E-state index >= 15 is 0 Å². The molecule has 20 heavy (non-hydrogen) atoms. The van der Waals surface area contributed by atoms with Gasteiger partial charge in [0.25, 0.3) is 0 Å². The van der Waals surface area contributed by atoms with E-state index in [4.69, 9.17) is 5.73 Å². The Hall–Kier alpha value is -0.610. The van der Waals surface area contributed by atoms with E-state index in [2.05, 4.69) is 6.92 Å². The molecule has 4 nitrogen and oxygen atoms in total. The van der Waals surface area contributed by atoms with Crippen molar-refractivity contribution in [1.29, 1.82) is 0 Å². The van der Waals surface area contributed by atoms with E-state index in [0.717, 1.165) is 45.3 Å². The van der Waals surface area contributed by atoms with Crippen molar-refractivity contribution in [2.75, 3.05) is 19.6 Å². The van der Waals surface area contributed by atoms with Crippen LogP contribution in [0.3, 0.4) is 0 Å². The van der Waals surface area contributed by atoms with Gasteiger partial charge in [0.2, 0.25) is 5.91 Å². The van der Waals surface area contributed by atoms with Crippen LogP contribution in [0.5, 0.6) is 0 Å². The first-order chi connectivity index (χ1) is 9.58. The van der Waals surface area contributed by atoms with Gasteiger partial charge in [0, 0.05) is 19.5 Å². The molecule has 1 aliphatic heterocycles. The second kappa shape index (κ2) is 9.35. The van der Waals surface area contributed by atoms with Crippen molar-refractivity contribution in [1.82, 2.24) is 4.90 Å². The minimum absolute atomic E-state index is 0.245. The van der Waals surface area contributed by atoms with Crippen LogP contribution < -0.4 is 5.73 Å². The third-order valence-corrected chi connectivity index (χ3v) is 4.61. The van der Waals surface area contributed by atoms with Crippen LogP contribution in [0.1, 0.15) is 58.8 Å². The van der Waals surface area contributed by atoms with Crippen molar-refractivity contribution >= 4 is 5.91 Å². The average molecular weight is 284 g/mol. The number of amides is 1. The molecule has 118 valence electrons. The maximum atomic E-state index is 12.2. The second-order valence-electron chi connectivity index (χ2n) is 6.23. The van der Waals surface area contributed by atoms with Crippen molar-refractivity contribution in [2.45, 2.75) is 64.9 Å². The lowest BCUT2D eigenvalue weighted by atomic mass is 9.91. The monoisotopic (exact) mass is 284 g/mol. The molecule has 2 atom stereocenters. The lowest BCUT2D eigenvalue weighted by molar-refractivity contribution is -0.133. The van der Waals surface area contributed by atoms with Crippen molar-refractivity contribution < 1.29 is 9.90 Å². The van der Waals surface area contributed by atoms with Crippen molar-refractivity contribution in [3.63, 3.8) is 0 Å². The highest BCUT2D eigenvalue weighted by molar-refractivity contribution is 5.76. The molecule has 1 saturated heterocycles. The van der Waals surface area contributed by atoms with Crippen LogP contribution in [0.15, 0.2) is 0 Å². The van der Waals surface area contributed by atoms with Crippen LogP contribution in [-0.2, 0) is 4.79 Å². The van der Waals surface area contributed by atoms with Gasteiger partial charge in [-0.05, 0) is 51.0 Å². The largest absolute Gasteiger partial charge is 0.393 e. The number of likely N-dealkylation sites (tertiary alicyclic amines) is 1. The van der Waals surface area contributed by atoms with Gasteiger partial charge in [0.15, 0.2) is 0 Å². The van der Waals surface area contributed by atoms with Gasteiger partial charge in [-0.25, -0.2) is 0 Å². The van der Waals surface area contributed by atoms with E-state index < -0.39 is 0 Å². The van der Waals surface area contributed by atoms with Gasteiger partial charge in [-0.15, -0.1) is 0 Å². The number of rotatable bonds is 8. The van der Waals surface area contributed by atoms with Crippen LogP contribution in [0.25, 0.3) is 0 Å². The van der Waals surface area contributed by atoms with E-state index in [9.17, 15) is 9.90 Å². The fraction of sp³-hybridized carbons (Fsp3) is 0.938. The summed E-state index contributed by atoms with van der Waals surface area (Å²) >= 11 is 0. The number of nitrogens with two attached hydrogens (primary N) is 1. The molecule has 0 aromatic carbocycles. The fourth-order valence-electron chi connectivity index (χ4n) is 3.19. The molecule has 1 rings (SSSR count). The summed E-state index contributed by atoms with van der Waals surface area (Å²) in [6.07, 6.45) is 6.63. The van der Waals surface area contributed by atoms with Crippen LogP contribution in [-0.4, -0.2) is 41.7 Å². The lowest BCUT2D eigenvalue weighted by Crippen LogP contribution is -2.40. The molecule has 3 N–H and O–H groups in total. The molecule has 0 saturated carbocycles. The molecule has 0 aliphatic carbocycles. The SMILES string of the molecule is CCCC(CCN)CCC(=O)N1CCC(C(C)O)CC1. The first-order valence-corrected chi connectivity index (χ1v) is 8.24. The van der Waals surface area contributed by atoms with Crippen LogP contribution in [0.2, 0.25) is 0 Å². The number of aliphatic hydroxyl groups is 1. The van der Waals surface area contributed by atoms with Gasteiger partial charge in [0.1, 0.15) is 0 Å². The first-order valence-electron chi connectivity index (χ1n) is 8.24. The zero-order valence-electron chi connectivity index (χ0n) is 13.2. The summed E-state index contributed by atoms with van der Waals surface area (Å²) in [5, 5.41) is 9.58. The van der Waals surface area contributed by atoms with Crippen LogP contribution >= 0.6 is 0 Å². The normalized spacial score (nSPS) is 19.9. The van der Waals surface area contributed by atoms with Crippen molar-refractivity contribution in [2.24, 2.45) is 17.6 Å². The Labute approximate surface area is 123 Å². The Balaban J connectivity index is 2.29. The highest BCUT2D eigenvalue weighted by Crippen LogP contribution is 2.22. The van der Waals surface area contributed by atoms with E-state index in [1.807, 2.05) is 11.8 Å². The van der Waals surface area contributed by atoms with Gasteiger partial charge in [-0.3, -0.25) is 4.79 Å². The molecular formula is C16H32N2O2. The number of hydrogen-bond acceptors (Lipinski definition) is 3. The first kappa shape index (κ1) is 17.4. The summed E-state index contributed by atoms with van der Waals surface area (Å²) in [5.74, 6) is 1.25. The maximum absolute atomic E-state index is 12.2. The minimum atomic E-state index is -0.245. The van der Waals surface area contributed by atoms with Gasteiger partial charge >= 0.3 is 0 Å². The number of aliphatic hydroxyl groups excluding tert-OH is 1. The van der Waals surface area contributed by atoms with Crippen LogP contribution in [0, 0.1) is 11.8 Å². The van der Waals surface area contributed by atoms with E-state index in [0.29, 0.717) is 18.3 Å². The molecular weight excluding hydrogens is 252 g/mol. The Bertz CT molecular complexity index is 268. The molecule has 1 amide bonds. The van der Waals surface area contributed by atoms with E-state index in [-0.39, 0.29) is 12.0 Å². The standard InChI is InChI=1S/C16H32N2O2/c1-3-4-14(7-10-17)5-6-16(20)18-11-8-15(9-12-18)13(2)19/h13-15,19H,3-12,17H2,1-2H3. The number of nitrogens with zero attached hydrogens (tertiary/aromatic N) is 1. The quantitative estimate of drug-likeness (QED) is 0.717. The summed E-state index contributed by atoms with van der Waals surface area (Å²) in [6.45, 7) is 6.38.